The molecule has 0 heterocycles. The molecular weight excluding hydrogens is 508 g/mol. The van der Waals surface area contributed by atoms with E-state index in [1.807, 2.05) is 13.0 Å². The Morgan fingerprint density at radius 1 is 0.767 bits per heavy atom. The van der Waals surface area contributed by atoms with Crippen LogP contribution in [0.3, 0.4) is 0 Å². The van der Waals surface area contributed by atoms with Gasteiger partial charge in [-0.25, -0.2) is 0 Å². The maximum atomic E-state index is 9.95. The first-order valence-electron chi connectivity index (χ1n) is 10.8. The fourth-order valence-corrected chi connectivity index (χ4v) is 3.77. The summed E-state index contributed by atoms with van der Waals surface area (Å²) >= 11 is 3.47. The molecule has 0 radical (unpaired) electrons. The smallest absolute Gasteiger partial charge is 0.160 e. The fraction of sp³-hybridized carbons (Fsp3) is 0.500. The summed E-state index contributed by atoms with van der Waals surface area (Å²) < 4.78 is 1.13. The number of hydrogen-bond acceptors (Lipinski definition) is 4. The molecule has 0 aromatic heterocycles. The predicted octanol–water partition coefficient (Wildman–Crippen LogP) is 5.53. The molecule has 6 heteroatoms. The largest absolute Gasteiger partial charge is 0.504 e. The number of unbranched alkanes of at least 4 members (excludes halogenated alkanes) is 3. The Kier molecular flexibility index (Phi) is 14.1. The Morgan fingerprint density at radius 3 is 1.97 bits per heavy atom. The Labute approximate surface area is 200 Å². The van der Waals surface area contributed by atoms with E-state index in [2.05, 4.69) is 50.8 Å². The molecule has 0 fully saturated rings. The minimum atomic E-state index is -0.0265. The SMILES string of the molecule is Br.CCc1c(CCNCCCCCCNCCc2ccc(Br)cc2)ccc(O)c1O. The molecule has 4 nitrogen and oxygen atoms in total. The molecule has 0 atom stereocenters. The summed E-state index contributed by atoms with van der Waals surface area (Å²) in [5, 5.41) is 26.6. The molecular formula is C24H36Br2N2O2. The van der Waals surface area contributed by atoms with Gasteiger partial charge < -0.3 is 20.8 Å². The summed E-state index contributed by atoms with van der Waals surface area (Å²) in [6, 6.07) is 12.0. The third-order valence-electron chi connectivity index (χ3n) is 5.24. The fourth-order valence-electron chi connectivity index (χ4n) is 3.50. The van der Waals surface area contributed by atoms with Crippen LogP contribution >= 0.6 is 32.9 Å². The van der Waals surface area contributed by atoms with E-state index in [0.29, 0.717) is 0 Å². The van der Waals surface area contributed by atoms with Crippen LogP contribution < -0.4 is 10.6 Å². The van der Waals surface area contributed by atoms with Gasteiger partial charge in [-0.15, -0.1) is 17.0 Å². The Balaban J connectivity index is 0.00000450. The number of phenols is 2. The zero-order valence-electron chi connectivity index (χ0n) is 17.9. The number of halogens is 2. The minimum absolute atomic E-state index is 0. The van der Waals surface area contributed by atoms with Crippen LogP contribution in [0.5, 0.6) is 11.5 Å². The van der Waals surface area contributed by atoms with Gasteiger partial charge in [0.1, 0.15) is 0 Å². The van der Waals surface area contributed by atoms with E-state index in [4.69, 9.17) is 0 Å². The average molecular weight is 544 g/mol. The molecule has 2 rings (SSSR count). The number of benzene rings is 2. The van der Waals surface area contributed by atoms with Crippen molar-refractivity contribution in [3.8, 4) is 11.5 Å². The Morgan fingerprint density at radius 2 is 1.37 bits per heavy atom. The first-order chi connectivity index (χ1) is 14.1. The lowest BCUT2D eigenvalue weighted by Crippen LogP contribution is -2.19. The average Bonchev–Trinajstić information content (AvgIpc) is 2.72. The van der Waals surface area contributed by atoms with Crippen molar-refractivity contribution in [3.05, 3.63) is 57.6 Å². The van der Waals surface area contributed by atoms with E-state index in [-0.39, 0.29) is 28.5 Å². The van der Waals surface area contributed by atoms with E-state index in [9.17, 15) is 10.2 Å². The van der Waals surface area contributed by atoms with E-state index in [0.717, 1.165) is 61.0 Å². The zero-order chi connectivity index (χ0) is 20.9. The monoisotopic (exact) mass is 542 g/mol. The van der Waals surface area contributed by atoms with Gasteiger partial charge in [-0.3, -0.25) is 0 Å². The van der Waals surface area contributed by atoms with Crippen LogP contribution in [0.15, 0.2) is 40.9 Å². The van der Waals surface area contributed by atoms with E-state index in [1.54, 1.807) is 6.07 Å². The highest BCUT2D eigenvalue weighted by molar-refractivity contribution is 9.10. The highest BCUT2D eigenvalue weighted by Gasteiger charge is 2.09. The van der Waals surface area contributed by atoms with E-state index in [1.165, 1.54) is 31.2 Å². The van der Waals surface area contributed by atoms with Crippen LogP contribution in [0.4, 0.5) is 0 Å². The van der Waals surface area contributed by atoms with E-state index < -0.39 is 0 Å². The second-order valence-electron chi connectivity index (χ2n) is 7.47. The van der Waals surface area contributed by atoms with Crippen molar-refractivity contribution < 1.29 is 10.2 Å². The molecule has 0 spiro atoms. The third kappa shape index (κ3) is 9.82. The second kappa shape index (κ2) is 15.7. The van der Waals surface area contributed by atoms with Crippen LogP contribution in [-0.4, -0.2) is 36.4 Å². The summed E-state index contributed by atoms with van der Waals surface area (Å²) in [4.78, 5) is 0. The summed E-state index contributed by atoms with van der Waals surface area (Å²) in [5.41, 5.74) is 3.35. The molecule has 0 amide bonds. The van der Waals surface area contributed by atoms with E-state index >= 15 is 0 Å². The van der Waals surface area contributed by atoms with Gasteiger partial charge in [0.05, 0.1) is 0 Å². The van der Waals surface area contributed by atoms with Crippen LogP contribution in [0, 0.1) is 0 Å². The van der Waals surface area contributed by atoms with Crippen LogP contribution in [0.25, 0.3) is 0 Å². The number of phenolic OH excluding ortho intramolecular Hbond substituents is 2. The van der Waals surface area contributed by atoms with Gasteiger partial charge in [-0.05, 0) is 87.6 Å². The highest BCUT2D eigenvalue weighted by Crippen LogP contribution is 2.31. The van der Waals surface area contributed by atoms with Crippen LogP contribution in [0.2, 0.25) is 0 Å². The maximum Gasteiger partial charge on any atom is 0.160 e. The van der Waals surface area contributed by atoms with Gasteiger partial charge >= 0.3 is 0 Å². The Hall–Kier alpha value is -1.08. The van der Waals surface area contributed by atoms with Gasteiger partial charge in [0.25, 0.3) is 0 Å². The first-order valence-corrected chi connectivity index (χ1v) is 11.6. The Bertz CT molecular complexity index is 724. The van der Waals surface area contributed by atoms with Crippen molar-refractivity contribution in [1.29, 1.82) is 0 Å². The molecule has 2 aromatic carbocycles. The first kappa shape index (κ1) is 27.0. The van der Waals surface area contributed by atoms with Crippen molar-refractivity contribution in [2.24, 2.45) is 0 Å². The summed E-state index contributed by atoms with van der Waals surface area (Å²) in [6.07, 6.45) is 7.62. The molecule has 0 aliphatic heterocycles. The lowest BCUT2D eigenvalue weighted by Gasteiger charge is -2.12. The van der Waals surface area contributed by atoms with Gasteiger partial charge in [0.15, 0.2) is 11.5 Å². The molecule has 0 aliphatic rings. The third-order valence-corrected chi connectivity index (χ3v) is 5.77. The molecule has 0 aliphatic carbocycles. The number of aromatic hydroxyl groups is 2. The van der Waals surface area contributed by atoms with Gasteiger partial charge in [-0.2, -0.15) is 0 Å². The van der Waals surface area contributed by atoms with Crippen molar-refractivity contribution in [1.82, 2.24) is 10.6 Å². The molecule has 0 saturated heterocycles. The van der Waals surface area contributed by atoms with Gasteiger partial charge in [-0.1, -0.05) is 53.9 Å². The number of rotatable bonds is 14. The molecule has 0 saturated carbocycles. The molecule has 0 unspecified atom stereocenters. The summed E-state index contributed by atoms with van der Waals surface area (Å²) in [5.74, 6) is 0.0109. The van der Waals surface area contributed by atoms with Crippen LogP contribution in [-0.2, 0) is 19.3 Å². The molecule has 30 heavy (non-hydrogen) atoms. The molecule has 0 bridgehead atoms. The predicted molar refractivity (Wildman–Crippen MR) is 135 cm³/mol. The van der Waals surface area contributed by atoms with Crippen LogP contribution in [0.1, 0.15) is 49.3 Å². The minimum Gasteiger partial charge on any atom is -0.504 e. The lowest BCUT2D eigenvalue weighted by atomic mass is 10.0. The molecule has 4 N–H and O–H groups in total. The topological polar surface area (TPSA) is 64.5 Å². The van der Waals surface area contributed by atoms with Crippen molar-refractivity contribution in [2.45, 2.75) is 51.9 Å². The normalized spacial score (nSPS) is 10.7. The van der Waals surface area contributed by atoms with Crippen molar-refractivity contribution >= 4 is 32.9 Å². The van der Waals surface area contributed by atoms with Crippen molar-refractivity contribution in [2.75, 3.05) is 26.2 Å². The summed E-state index contributed by atoms with van der Waals surface area (Å²) in [7, 11) is 0. The zero-order valence-corrected chi connectivity index (χ0v) is 21.2. The highest BCUT2D eigenvalue weighted by atomic mass is 79.9. The quantitative estimate of drug-likeness (QED) is 0.187. The number of hydrogen-bond donors (Lipinski definition) is 4. The molecule has 168 valence electrons. The van der Waals surface area contributed by atoms with Gasteiger partial charge in [0, 0.05) is 10.0 Å². The maximum absolute atomic E-state index is 9.95. The lowest BCUT2D eigenvalue weighted by molar-refractivity contribution is 0.399. The molecule has 2 aromatic rings. The number of nitrogens with one attached hydrogen (secondary N) is 2. The summed E-state index contributed by atoms with van der Waals surface area (Å²) in [6.45, 7) is 6.06. The standard InChI is InChI=1S/C24H35BrN2O2.BrH/c1-2-22-20(9-12-23(28)24(22)29)14-18-27-16-6-4-3-5-15-26-17-13-19-7-10-21(25)11-8-19;/h7-12,26-29H,2-6,13-18H2,1H3;1H. The second-order valence-corrected chi connectivity index (χ2v) is 8.38. The van der Waals surface area contributed by atoms with Crippen molar-refractivity contribution in [3.63, 3.8) is 0 Å². The van der Waals surface area contributed by atoms with Gasteiger partial charge in [0.2, 0.25) is 0 Å².